The van der Waals surface area contributed by atoms with E-state index in [0.29, 0.717) is 0 Å². The van der Waals surface area contributed by atoms with Crippen LogP contribution in [0.25, 0.3) is 246 Å². The molecule has 0 unspecified atom stereocenters. The van der Waals surface area contributed by atoms with E-state index in [1.165, 1.54) is 246 Å². The molecule has 0 fully saturated rings. The molecule has 107 heavy (non-hydrogen) atoms. The van der Waals surface area contributed by atoms with E-state index in [0.717, 1.165) is 0 Å². The first-order chi connectivity index (χ1) is 53.1. The molecular weight excluding hydrogens is 1300 g/mol. The van der Waals surface area contributed by atoms with Crippen molar-refractivity contribution in [2.75, 3.05) is 0 Å². The van der Waals surface area contributed by atoms with Crippen LogP contribution in [-0.2, 0) is 0 Å². The molecule has 27 rings (SSSR count). The lowest BCUT2D eigenvalue weighted by molar-refractivity contribution is 1.37. The zero-order valence-electron chi connectivity index (χ0n) is 57.6. The Morgan fingerprint density at radius 1 is 0.103 bits per heavy atom. The molecule has 0 atom stereocenters. The largest absolute Gasteiger partial charge is 0.308 e. The van der Waals surface area contributed by atoms with Crippen molar-refractivity contribution < 1.29 is 0 Å². The fourth-order valence-electron chi connectivity index (χ4n) is 20.1. The van der Waals surface area contributed by atoms with Gasteiger partial charge in [0.1, 0.15) is 0 Å². The highest BCUT2D eigenvalue weighted by atomic mass is 14.9. The molecule has 0 saturated carbocycles. The molecule has 5 nitrogen and oxygen atoms in total. The fraction of sp³-hybridized carbons (Fsp3) is 0. The Kier molecular flexibility index (Phi) is 10.7. The van der Waals surface area contributed by atoms with Gasteiger partial charge in [-0.25, -0.2) is 0 Å². The summed E-state index contributed by atoms with van der Waals surface area (Å²) in [4.78, 5) is 0. The minimum Gasteiger partial charge on any atom is -0.308 e. The molecule has 5 heteroatoms. The van der Waals surface area contributed by atoms with Crippen molar-refractivity contribution in [3.8, 4) is 55.6 Å². The quantitative estimate of drug-likeness (QED) is 0.164. The lowest BCUT2D eigenvalue weighted by Crippen LogP contribution is -1.88. The van der Waals surface area contributed by atoms with Crippen LogP contribution >= 0.6 is 0 Å². The van der Waals surface area contributed by atoms with Crippen LogP contribution in [0.15, 0.2) is 346 Å². The third-order valence-electron chi connectivity index (χ3n) is 24.5. The highest BCUT2D eigenvalue weighted by Crippen LogP contribution is 2.50. The van der Waals surface area contributed by atoms with Crippen LogP contribution in [-0.4, -0.2) is 22.0 Å². The number of para-hydroxylation sites is 10. The molecule has 490 valence electrons. The van der Waals surface area contributed by atoms with Gasteiger partial charge in [0.15, 0.2) is 0 Å². The van der Waals surface area contributed by atoms with E-state index in [2.05, 4.69) is 368 Å². The molecule has 0 radical (unpaired) electrons. The van der Waals surface area contributed by atoms with Gasteiger partial charge in [-0.05, 0) is 195 Å². The molecule has 0 N–H and O–H groups in total. The number of benzene rings is 17. The third kappa shape index (κ3) is 7.32. The Morgan fingerprint density at radius 3 is 0.374 bits per heavy atom. The second kappa shape index (κ2) is 20.3. The number of hydrogen-bond acceptors (Lipinski definition) is 0. The predicted octanol–water partition coefficient (Wildman–Crippen LogP) is 27.5. The van der Waals surface area contributed by atoms with E-state index in [1.54, 1.807) is 0 Å². The van der Waals surface area contributed by atoms with E-state index >= 15 is 0 Å². The van der Waals surface area contributed by atoms with E-state index in [9.17, 15) is 0 Å². The second-order valence-electron chi connectivity index (χ2n) is 29.8. The molecule has 0 bridgehead atoms. The van der Waals surface area contributed by atoms with Crippen LogP contribution in [0.3, 0.4) is 0 Å². The Bertz CT molecular complexity index is 7400. The van der Waals surface area contributed by atoms with Crippen LogP contribution in [0.2, 0.25) is 0 Å². The Morgan fingerprint density at radius 2 is 0.224 bits per heavy atom. The van der Waals surface area contributed by atoms with Gasteiger partial charge in [-0.15, -0.1) is 0 Å². The van der Waals surface area contributed by atoms with Gasteiger partial charge >= 0.3 is 0 Å². The lowest BCUT2D eigenvalue weighted by Gasteiger charge is -2.13. The Labute approximate surface area is 609 Å². The van der Waals surface area contributed by atoms with E-state index in [1.807, 2.05) is 0 Å². The van der Waals surface area contributed by atoms with Crippen molar-refractivity contribution in [2.24, 2.45) is 0 Å². The number of rotatable bonds is 5. The number of hydrogen-bond donors (Lipinski definition) is 0. The molecular formula is C102H57N5. The SMILES string of the molecule is c1ccc2c(c1)c1cc(-c3cc(-c4cc5c6ccccc6n6c7ccccc7c(c4)c56)cc(-c4cc5c6ccccc6n6c7ccccc7c(c4)c56)c3)cc3c4ccccc4n2c13.c1ccc2c(c1)c1cc(-c3ccc(-c4cc5c6ccccc6n6c7ccccc7c(c4)c56)cc3)cc3c4ccccc4n2c13. The first-order valence-corrected chi connectivity index (χ1v) is 37.2. The monoisotopic (exact) mass is 1350 g/mol. The Hall–Kier alpha value is -14.3. The summed E-state index contributed by atoms with van der Waals surface area (Å²) in [7, 11) is 0. The smallest absolute Gasteiger partial charge is 0.0620 e. The summed E-state index contributed by atoms with van der Waals surface area (Å²) in [6.45, 7) is 0. The zero-order valence-corrected chi connectivity index (χ0v) is 57.6. The van der Waals surface area contributed by atoms with Crippen molar-refractivity contribution in [1.82, 2.24) is 22.0 Å². The van der Waals surface area contributed by atoms with Crippen LogP contribution < -0.4 is 0 Å². The fourth-order valence-corrected chi connectivity index (χ4v) is 20.1. The molecule has 0 aliphatic rings. The maximum atomic E-state index is 2.47. The second-order valence-corrected chi connectivity index (χ2v) is 29.8. The molecule has 0 spiro atoms. The first-order valence-electron chi connectivity index (χ1n) is 37.2. The summed E-state index contributed by atoms with van der Waals surface area (Å²) in [6.07, 6.45) is 0. The van der Waals surface area contributed by atoms with Gasteiger partial charge in [0.25, 0.3) is 0 Å². The van der Waals surface area contributed by atoms with E-state index in [4.69, 9.17) is 0 Å². The molecule has 0 amide bonds. The van der Waals surface area contributed by atoms with Gasteiger partial charge in [0.2, 0.25) is 0 Å². The standard InChI is InChI=1S/C60H33N3.C42H24N2/c1-7-19-52-40(13-1)46-28-37(29-47-41-14-2-8-20-53(41)61(52)58(46)47)34-25-35(38-30-48-42-15-3-9-21-54(42)62-55-22-10-4-16-43(55)49(31-38)59(48)62)27-36(26-34)39-32-50-44-17-5-11-23-56(44)63-57-24-12-6-18-45(57)51(33-39)60(50)63;1-5-13-37-29(9-1)33-21-27(22-34-30-10-2-6-14-38(30)43(37)41(33)34)25-17-19-26(20-18-25)28-23-35-31-11-3-7-15-39(31)44-40-16-8-4-12-32(40)36(24-28)42(35)44/h1-33H;1-24H. The topological polar surface area (TPSA) is 22.1 Å². The normalized spacial score (nSPS) is 12.7. The summed E-state index contributed by atoms with van der Waals surface area (Å²) in [5.41, 5.74) is 31.4. The highest BCUT2D eigenvalue weighted by molar-refractivity contribution is 6.30. The first kappa shape index (κ1) is 56.3. The molecule has 0 aliphatic heterocycles. The van der Waals surface area contributed by atoms with Crippen LogP contribution in [0.5, 0.6) is 0 Å². The minimum atomic E-state index is 1.21. The van der Waals surface area contributed by atoms with Crippen molar-refractivity contribution in [2.45, 2.75) is 0 Å². The maximum Gasteiger partial charge on any atom is 0.0620 e. The zero-order chi connectivity index (χ0) is 69.2. The molecule has 17 aromatic carbocycles. The number of nitrogens with zero attached hydrogens (tertiary/aromatic N) is 5. The van der Waals surface area contributed by atoms with E-state index < -0.39 is 0 Å². The van der Waals surface area contributed by atoms with Gasteiger partial charge in [-0.2, -0.15) is 0 Å². The summed E-state index contributed by atoms with van der Waals surface area (Å²) in [5.74, 6) is 0. The summed E-state index contributed by atoms with van der Waals surface area (Å²) < 4.78 is 12.3. The van der Waals surface area contributed by atoms with Crippen LogP contribution in [0.1, 0.15) is 0 Å². The van der Waals surface area contributed by atoms with Crippen molar-refractivity contribution in [3.05, 3.63) is 346 Å². The van der Waals surface area contributed by atoms with E-state index in [-0.39, 0.29) is 0 Å². The van der Waals surface area contributed by atoms with Gasteiger partial charge in [-0.3, -0.25) is 0 Å². The Balaban J connectivity index is 0.000000129. The molecule has 10 aromatic heterocycles. The number of aromatic nitrogens is 5. The maximum absolute atomic E-state index is 2.47. The molecule has 0 aliphatic carbocycles. The molecule has 0 saturated heterocycles. The van der Waals surface area contributed by atoms with Gasteiger partial charge in [0.05, 0.1) is 82.8 Å². The predicted molar refractivity (Wildman–Crippen MR) is 453 cm³/mol. The van der Waals surface area contributed by atoms with Crippen LogP contribution in [0.4, 0.5) is 0 Å². The van der Waals surface area contributed by atoms with Crippen molar-refractivity contribution in [1.29, 1.82) is 0 Å². The lowest BCUT2D eigenvalue weighted by atomic mass is 9.90. The van der Waals surface area contributed by atoms with Gasteiger partial charge in [-0.1, -0.05) is 206 Å². The van der Waals surface area contributed by atoms with Crippen molar-refractivity contribution in [3.63, 3.8) is 0 Å². The molecule has 10 heterocycles. The van der Waals surface area contributed by atoms with Gasteiger partial charge < -0.3 is 22.0 Å². The van der Waals surface area contributed by atoms with Crippen molar-refractivity contribution >= 4 is 190 Å². The molecule has 27 aromatic rings. The summed E-state index contributed by atoms with van der Waals surface area (Å²) >= 11 is 0. The van der Waals surface area contributed by atoms with Gasteiger partial charge in [0, 0.05) is 108 Å². The number of fused-ring (bicyclic) bond motifs is 30. The average Bonchev–Trinajstić information content (AvgIpc) is 1.58. The average molecular weight is 1350 g/mol. The summed E-state index contributed by atoms with van der Waals surface area (Å²) in [6, 6.07) is 129. The third-order valence-corrected chi connectivity index (χ3v) is 24.5. The summed E-state index contributed by atoms with van der Waals surface area (Å²) in [5, 5.41) is 26.0. The highest BCUT2D eigenvalue weighted by Gasteiger charge is 2.26. The van der Waals surface area contributed by atoms with Crippen LogP contribution in [0, 0.1) is 0 Å². The minimum absolute atomic E-state index is 1.21.